The Morgan fingerprint density at radius 3 is 2.78 bits per heavy atom. The highest BCUT2D eigenvalue weighted by Gasteiger charge is 2.05. The topological polar surface area (TPSA) is 46.8 Å². The first-order valence-electron chi connectivity index (χ1n) is 6.97. The van der Waals surface area contributed by atoms with E-state index in [-0.39, 0.29) is 0 Å². The predicted molar refractivity (Wildman–Crippen MR) is 96.5 cm³/mol. The molecule has 0 bridgehead atoms. The minimum Gasteiger partial charge on any atom is -0.496 e. The summed E-state index contributed by atoms with van der Waals surface area (Å²) in [5.74, 6) is 0.802. The second-order valence-electron chi connectivity index (χ2n) is 4.74. The van der Waals surface area contributed by atoms with Crippen molar-refractivity contribution in [3.8, 4) is 17.0 Å². The molecule has 0 spiro atoms. The molecule has 4 nitrogen and oxygen atoms in total. The highest BCUT2D eigenvalue weighted by atomic mass is 79.9. The van der Waals surface area contributed by atoms with Gasteiger partial charge in [-0.05, 0) is 18.2 Å². The van der Waals surface area contributed by atoms with Crippen molar-refractivity contribution in [3.05, 3.63) is 63.9 Å². The zero-order valence-electron chi connectivity index (χ0n) is 12.4. The van der Waals surface area contributed by atoms with Crippen molar-refractivity contribution in [1.29, 1.82) is 0 Å². The molecule has 1 aromatic heterocycles. The number of ether oxygens (including phenoxy) is 1. The number of hydrogen-bond donors (Lipinski definition) is 0. The number of methoxy groups -OCH3 is 1. The molecule has 0 aliphatic carbocycles. The highest BCUT2D eigenvalue weighted by molar-refractivity contribution is 9.10. The van der Waals surface area contributed by atoms with E-state index in [1.54, 1.807) is 7.11 Å². The zero-order valence-corrected chi connectivity index (χ0v) is 14.8. The molecule has 0 fully saturated rings. The fourth-order valence-electron chi connectivity index (χ4n) is 2.09. The second kappa shape index (κ2) is 7.48. The van der Waals surface area contributed by atoms with E-state index in [0.717, 1.165) is 27.0 Å². The molecule has 0 unspecified atom stereocenters. The number of hydrogen-bond acceptors (Lipinski definition) is 5. The van der Waals surface area contributed by atoms with Gasteiger partial charge in [0.2, 0.25) is 5.13 Å². The largest absolute Gasteiger partial charge is 0.496 e. The molecular formula is C17H14BrN3OS. The Morgan fingerprint density at radius 1 is 1.17 bits per heavy atom. The molecule has 0 saturated heterocycles. The first-order chi connectivity index (χ1) is 11.3. The molecular weight excluding hydrogens is 374 g/mol. The van der Waals surface area contributed by atoms with Gasteiger partial charge in [0.1, 0.15) is 5.75 Å². The van der Waals surface area contributed by atoms with E-state index in [2.05, 4.69) is 31.1 Å². The van der Waals surface area contributed by atoms with Crippen LogP contribution >= 0.6 is 27.3 Å². The summed E-state index contributed by atoms with van der Waals surface area (Å²) in [6, 6.07) is 15.9. The molecule has 0 saturated carbocycles. The normalized spacial score (nSPS) is 11.0. The van der Waals surface area contributed by atoms with Crippen molar-refractivity contribution in [1.82, 2.24) is 4.98 Å². The second-order valence-corrected chi connectivity index (χ2v) is 6.49. The maximum Gasteiger partial charge on any atom is 0.230 e. The minimum absolute atomic E-state index is 0.447. The summed E-state index contributed by atoms with van der Waals surface area (Å²) in [4.78, 5) is 4.49. The third-order valence-electron chi connectivity index (χ3n) is 3.20. The van der Waals surface area contributed by atoms with E-state index in [1.807, 2.05) is 53.9 Å². The van der Waals surface area contributed by atoms with Crippen molar-refractivity contribution in [2.75, 3.05) is 7.11 Å². The molecule has 116 valence electrons. The van der Waals surface area contributed by atoms with Crippen LogP contribution in [0.5, 0.6) is 5.75 Å². The van der Waals surface area contributed by atoms with Crippen LogP contribution in [0.25, 0.3) is 11.3 Å². The van der Waals surface area contributed by atoms with Crippen LogP contribution in [0.1, 0.15) is 5.56 Å². The average molecular weight is 388 g/mol. The maximum atomic E-state index is 5.33. The molecule has 0 aliphatic heterocycles. The lowest BCUT2D eigenvalue weighted by atomic mass is 10.2. The van der Waals surface area contributed by atoms with Crippen LogP contribution in [0.3, 0.4) is 0 Å². The molecule has 6 heteroatoms. The van der Waals surface area contributed by atoms with Crippen molar-refractivity contribution in [2.45, 2.75) is 6.54 Å². The number of benzene rings is 2. The Kier molecular flexibility index (Phi) is 5.15. The van der Waals surface area contributed by atoms with E-state index in [0.29, 0.717) is 11.7 Å². The lowest BCUT2D eigenvalue weighted by Crippen LogP contribution is -1.90. The smallest absolute Gasteiger partial charge is 0.230 e. The Balaban J connectivity index is 1.72. The van der Waals surface area contributed by atoms with Crippen molar-refractivity contribution in [3.63, 3.8) is 0 Å². The molecule has 0 radical (unpaired) electrons. The Hall–Kier alpha value is -2.05. The molecule has 23 heavy (non-hydrogen) atoms. The first kappa shape index (κ1) is 15.8. The number of thiazole rings is 1. The minimum atomic E-state index is 0.447. The van der Waals surface area contributed by atoms with E-state index >= 15 is 0 Å². The van der Waals surface area contributed by atoms with E-state index in [4.69, 9.17) is 4.74 Å². The number of aromatic nitrogens is 1. The van der Waals surface area contributed by atoms with Gasteiger partial charge < -0.3 is 4.74 Å². The van der Waals surface area contributed by atoms with Crippen molar-refractivity contribution < 1.29 is 4.74 Å². The van der Waals surface area contributed by atoms with Gasteiger partial charge in [-0.1, -0.05) is 46.3 Å². The molecule has 0 N–H and O–H groups in total. The van der Waals surface area contributed by atoms with Crippen LogP contribution in [0.15, 0.2) is 68.6 Å². The molecule has 2 aromatic carbocycles. The van der Waals surface area contributed by atoms with Crippen LogP contribution in [0.2, 0.25) is 0 Å². The summed E-state index contributed by atoms with van der Waals surface area (Å²) in [5, 5.41) is 11.1. The van der Waals surface area contributed by atoms with Gasteiger partial charge in [0.05, 0.1) is 19.3 Å². The Labute approximate surface area is 147 Å². The molecule has 3 aromatic rings. The number of halogens is 1. The zero-order chi connectivity index (χ0) is 16.1. The molecule has 0 aliphatic rings. The van der Waals surface area contributed by atoms with Gasteiger partial charge >= 0.3 is 0 Å². The standard InChI is InChI=1S/C17H14BrN3OS/c1-22-16-8-7-14(18)9-13(16)10-19-21-17-20-15(11-23-17)12-5-3-2-4-6-12/h2-9,11H,10H2,1H3. The lowest BCUT2D eigenvalue weighted by molar-refractivity contribution is 0.409. The summed E-state index contributed by atoms with van der Waals surface area (Å²) < 4.78 is 6.32. The quantitative estimate of drug-likeness (QED) is 0.514. The number of rotatable bonds is 5. The molecule has 1 heterocycles. The molecule has 0 atom stereocenters. The third kappa shape index (κ3) is 4.03. The predicted octanol–water partition coefficient (Wildman–Crippen LogP) is 5.87. The van der Waals surface area contributed by atoms with Crippen LogP contribution in [0.4, 0.5) is 5.13 Å². The van der Waals surface area contributed by atoms with E-state index in [9.17, 15) is 0 Å². The van der Waals surface area contributed by atoms with Crippen LogP contribution in [0, 0.1) is 0 Å². The Bertz CT molecular complexity index is 818. The van der Waals surface area contributed by atoms with Gasteiger partial charge in [-0.3, -0.25) is 0 Å². The monoisotopic (exact) mass is 387 g/mol. The molecule has 3 rings (SSSR count). The van der Waals surface area contributed by atoms with Gasteiger partial charge in [-0.2, -0.15) is 5.11 Å². The number of azo groups is 1. The summed E-state index contributed by atoms with van der Waals surface area (Å²) in [7, 11) is 1.65. The summed E-state index contributed by atoms with van der Waals surface area (Å²) in [5.41, 5.74) is 2.98. The summed E-state index contributed by atoms with van der Waals surface area (Å²) in [6.07, 6.45) is 0. The summed E-state index contributed by atoms with van der Waals surface area (Å²) >= 11 is 4.93. The van der Waals surface area contributed by atoms with Crippen LogP contribution < -0.4 is 4.74 Å². The van der Waals surface area contributed by atoms with Gasteiger partial charge in [0, 0.05) is 21.0 Å². The van der Waals surface area contributed by atoms with Gasteiger partial charge in [0.15, 0.2) is 0 Å². The summed E-state index contributed by atoms with van der Waals surface area (Å²) in [6.45, 7) is 0.447. The lowest BCUT2D eigenvalue weighted by Gasteiger charge is -2.05. The van der Waals surface area contributed by atoms with E-state index in [1.165, 1.54) is 11.3 Å². The maximum absolute atomic E-state index is 5.33. The third-order valence-corrected chi connectivity index (χ3v) is 4.42. The fraction of sp³-hybridized carbons (Fsp3) is 0.118. The van der Waals surface area contributed by atoms with Gasteiger partial charge in [-0.15, -0.1) is 16.5 Å². The molecule has 0 amide bonds. The SMILES string of the molecule is COc1ccc(Br)cc1CN=Nc1nc(-c2ccccc2)cs1. The average Bonchev–Trinajstić information content (AvgIpc) is 3.05. The highest BCUT2D eigenvalue weighted by Crippen LogP contribution is 2.28. The number of nitrogens with zero attached hydrogens (tertiary/aromatic N) is 3. The first-order valence-corrected chi connectivity index (χ1v) is 8.64. The Morgan fingerprint density at radius 2 is 2.00 bits per heavy atom. The van der Waals surface area contributed by atoms with Gasteiger partial charge in [-0.25, -0.2) is 4.98 Å². The van der Waals surface area contributed by atoms with E-state index < -0.39 is 0 Å². The fourth-order valence-corrected chi connectivity index (χ4v) is 3.16. The van der Waals surface area contributed by atoms with Crippen molar-refractivity contribution in [2.24, 2.45) is 10.2 Å². The van der Waals surface area contributed by atoms with Crippen LogP contribution in [-0.4, -0.2) is 12.1 Å². The van der Waals surface area contributed by atoms with Crippen LogP contribution in [-0.2, 0) is 6.54 Å². The van der Waals surface area contributed by atoms with Gasteiger partial charge in [0.25, 0.3) is 0 Å². The van der Waals surface area contributed by atoms with Crippen molar-refractivity contribution >= 4 is 32.4 Å².